The summed E-state index contributed by atoms with van der Waals surface area (Å²) in [4.78, 5) is 12.2. The van der Waals surface area contributed by atoms with Gasteiger partial charge in [0.05, 0.1) is 0 Å². The lowest BCUT2D eigenvalue weighted by Crippen LogP contribution is -2.36. The van der Waals surface area contributed by atoms with Gasteiger partial charge in [0.1, 0.15) is 6.04 Å². The molecule has 0 radical (unpaired) electrons. The third-order valence-corrected chi connectivity index (χ3v) is 1.72. The Morgan fingerprint density at radius 1 is 1.80 bits per heavy atom. The van der Waals surface area contributed by atoms with Gasteiger partial charge in [-0.3, -0.25) is 0 Å². The number of hydrogen-bond donors (Lipinski definition) is 1. The largest absolute Gasteiger partial charge is 0.480 e. The highest BCUT2D eigenvalue weighted by atomic mass is 16.4. The highest BCUT2D eigenvalue weighted by Gasteiger charge is 2.21. The number of allylic oxidation sites excluding steroid dienone is 1. The molecule has 0 aromatic rings. The van der Waals surface area contributed by atoms with Crippen molar-refractivity contribution >= 4 is 5.97 Å². The number of carboxylic acids is 1. The fraction of sp³-hybridized carbons (Fsp3) is 0.571. The molecule has 10 heavy (non-hydrogen) atoms. The molecule has 1 rings (SSSR count). The minimum atomic E-state index is -0.730. The van der Waals surface area contributed by atoms with Crippen LogP contribution in [0.25, 0.3) is 0 Å². The first kappa shape index (κ1) is 7.12. The second-order valence-electron chi connectivity index (χ2n) is 2.48. The molecule has 1 heterocycles. The molecule has 1 atom stereocenters. The number of carbonyl (C=O) groups is 1. The molecule has 1 unspecified atom stereocenters. The summed E-state index contributed by atoms with van der Waals surface area (Å²) >= 11 is 0. The number of nitrogens with zero attached hydrogens (tertiary/aromatic N) is 1. The van der Waals surface area contributed by atoms with E-state index < -0.39 is 5.97 Å². The van der Waals surface area contributed by atoms with E-state index in [0.717, 1.165) is 12.8 Å². The van der Waals surface area contributed by atoms with Gasteiger partial charge in [-0.2, -0.15) is 0 Å². The molecule has 56 valence electrons. The van der Waals surface area contributed by atoms with Crippen molar-refractivity contribution < 1.29 is 9.90 Å². The van der Waals surface area contributed by atoms with Gasteiger partial charge in [0.2, 0.25) is 0 Å². The third kappa shape index (κ3) is 1.29. The molecule has 1 N–H and O–H groups in total. The summed E-state index contributed by atoms with van der Waals surface area (Å²) in [6.07, 6.45) is 5.41. The first-order valence-electron chi connectivity index (χ1n) is 3.33. The van der Waals surface area contributed by atoms with E-state index in [-0.39, 0.29) is 6.04 Å². The Morgan fingerprint density at radius 2 is 2.50 bits per heavy atom. The molecule has 0 aromatic carbocycles. The quantitative estimate of drug-likeness (QED) is 0.583. The van der Waals surface area contributed by atoms with Crippen LogP contribution in [0.1, 0.15) is 12.8 Å². The zero-order valence-corrected chi connectivity index (χ0v) is 5.95. The lowest BCUT2D eigenvalue weighted by atomic mass is 10.1. The zero-order chi connectivity index (χ0) is 7.56. The van der Waals surface area contributed by atoms with Gasteiger partial charge in [0, 0.05) is 7.05 Å². The lowest BCUT2D eigenvalue weighted by Gasteiger charge is -2.25. The summed E-state index contributed by atoms with van der Waals surface area (Å²) in [6, 6.07) is -0.315. The molecule has 0 saturated carbocycles. The summed E-state index contributed by atoms with van der Waals surface area (Å²) in [5.74, 6) is -0.730. The molecular weight excluding hydrogens is 130 g/mol. The van der Waals surface area contributed by atoms with Crippen LogP contribution in [-0.4, -0.2) is 29.1 Å². The van der Waals surface area contributed by atoms with Crippen LogP contribution in [-0.2, 0) is 4.79 Å². The number of hydrogen-bond acceptors (Lipinski definition) is 2. The van der Waals surface area contributed by atoms with Crippen molar-refractivity contribution in [2.75, 3.05) is 7.05 Å². The molecule has 0 spiro atoms. The van der Waals surface area contributed by atoms with Crippen molar-refractivity contribution in [3.8, 4) is 0 Å². The van der Waals surface area contributed by atoms with E-state index in [0.29, 0.717) is 0 Å². The van der Waals surface area contributed by atoms with E-state index in [2.05, 4.69) is 0 Å². The van der Waals surface area contributed by atoms with Gasteiger partial charge >= 0.3 is 5.97 Å². The van der Waals surface area contributed by atoms with Crippen LogP contribution >= 0.6 is 0 Å². The summed E-state index contributed by atoms with van der Waals surface area (Å²) < 4.78 is 0. The Bertz CT molecular complexity index is 165. The number of likely N-dealkylation sites (N-methyl/N-ethyl adjacent to an activating group) is 1. The van der Waals surface area contributed by atoms with Gasteiger partial charge in [-0.05, 0) is 19.0 Å². The molecular formula is C7H11NO2. The first-order chi connectivity index (χ1) is 4.72. The maximum absolute atomic E-state index is 10.5. The summed E-state index contributed by atoms with van der Waals surface area (Å²) in [7, 11) is 1.79. The molecule has 3 nitrogen and oxygen atoms in total. The standard InChI is InChI=1S/C7H11NO2/c1-8-5-3-2-4-6(8)7(9)10/h3,5-6H,2,4H2,1H3,(H,9,10). The van der Waals surface area contributed by atoms with Crippen molar-refractivity contribution in [3.05, 3.63) is 12.3 Å². The van der Waals surface area contributed by atoms with Gasteiger partial charge in [-0.1, -0.05) is 6.08 Å². The van der Waals surface area contributed by atoms with Crippen molar-refractivity contribution in [2.45, 2.75) is 18.9 Å². The predicted molar refractivity (Wildman–Crippen MR) is 37.6 cm³/mol. The topological polar surface area (TPSA) is 40.5 Å². The second kappa shape index (κ2) is 2.73. The first-order valence-corrected chi connectivity index (χ1v) is 3.33. The molecule has 1 aliphatic rings. The minimum absolute atomic E-state index is 0.315. The minimum Gasteiger partial charge on any atom is -0.480 e. The van der Waals surface area contributed by atoms with Crippen LogP contribution in [0.4, 0.5) is 0 Å². The van der Waals surface area contributed by atoms with Gasteiger partial charge in [-0.15, -0.1) is 0 Å². The van der Waals surface area contributed by atoms with Gasteiger partial charge in [0.15, 0.2) is 0 Å². The fourth-order valence-corrected chi connectivity index (χ4v) is 1.10. The monoisotopic (exact) mass is 141 g/mol. The fourth-order valence-electron chi connectivity index (χ4n) is 1.10. The predicted octanol–water partition coefficient (Wildman–Crippen LogP) is 0.679. The van der Waals surface area contributed by atoms with Crippen LogP contribution in [0.15, 0.2) is 12.3 Å². The Balaban J connectivity index is 2.60. The molecule has 0 aromatic heterocycles. The maximum atomic E-state index is 10.5. The highest BCUT2D eigenvalue weighted by molar-refractivity contribution is 5.73. The number of rotatable bonds is 1. The molecule has 1 aliphatic heterocycles. The summed E-state index contributed by atoms with van der Waals surface area (Å²) in [6.45, 7) is 0. The van der Waals surface area contributed by atoms with Crippen molar-refractivity contribution in [1.82, 2.24) is 4.90 Å². The zero-order valence-electron chi connectivity index (χ0n) is 5.95. The van der Waals surface area contributed by atoms with Crippen LogP contribution in [0.5, 0.6) is 0 Å². The van der Waals surface area contributed by atoms with Crippen LogP contribution < -0.4 is 0 Å². The number of carboxylic acid groups (broad SMARTS) is 1. The SMILES string of the molecule is CN1C=CCCC1C(=O)O. The Kier molecular flexibility index (Phi) is 1.94. The van der Waals surface area contributed by atoms with Crippen molar-refractivity contribution in [1.29, 1.82) is 0 Å². The summed E-state index contributed by atoms with van der Waals surface area (Å²) in [5.41, 5.74) is 0. The van der Waals surface area contributed by atoms with E-state index >= 15 is 0 Å². The number of aliphatic carboxylic acids is 1. The van der Waals surface area contributed by atoms with Gasteiger partial charge < -0.3 is 10.0 Å². The van der Waals surface area contributed by atoms with Gasteiger partial charge in [-0.25, -0.2) is 4.79 Å². The van der Waals surface area contributed by atoms with E-state index in [1.807, 2.05) is 12.3 Å². The summed E-state index contributed by atoms with van der Waals surface area (Å²) in [5, 5.41) is 8.63. The highest BCUT2D eigenvalue weighted by Crippen LogP contribution is 2.11. The molecule has 0 bridgehead atoms. The average Bonchev–Trinajstić information content (AvgIpc) is 1.88. The van der Waals surface area contributed by atoms with Crippen LogP contribution in [0.3, 0.4) is 0 Å². The third-order valence-electron chi connectivity index (χ3n) is 1.72. The van der Waals surface area contributed by atoms with Gasteiger partial charge in [0.25, 0.3) is 0 Å². The lowest BCUT2D eigenvalue weighted by molar-refractivity contribution is -0.142. The normalized spacial score (nSPS) is 24.9. The van der Waals surface area contributed by atoms with Crippen molar-refractivity contribution in [3.63, 3.8) is 0 Å². The van der Waals surface area contributed by atoms with E-state index in [9.17, 15) is 4.79 Å². The van der Waals surface area contributed by atoms with Crippen LogP contribution in [0, 0.1) is 0 Å². The molecule has 0 saturated heterocycles. The van der Waals surface area contributed by atoms with Crippen molar-refractivity contribution in [2.24, 2.45) is 0 Å². The molecule has 3 heteroatoms. The molecule has 0 amide bonds. The van der Waals surface area contributed by atoms with E-state index in [1.165, 1.54) is 0 Å². The maximum Gasteiger partial charge on any atom is 0.326 e. The Labute approximate surface area is 59.9 Å². The Morgan fingerprint density at radius 3 is 2.90 bits per heavy atom. The van der Waals surface area contributed by atoms with E-state index in [4.69, 9.17) is 5.11 Å². The Hall–Kier alpha value is -0.990. The average molecular weight is 141 g/mol. The second-order valence-corrected chi connectivity index (χ2v) is 2.48. The smallest absolute Gasteiger partial charge is 0.326 e. The molecule has 0 aliphatic carbocycles. The van der Waals surface area contributed by atoms with E-state index in [1.54, 1.807) is 11.9 Å². The molecule has 0 fully saturated rings. The van der Waals surface area contributed by atoms with Crippen LogP contribution in [0.2, 0.25) is 0 Å².